The third-order valence-corrected chi connectivity index (χ3v) is 3.81. The molecule has 0 spiro atoms. The summed E-state index contributed by atoms with van der Waals surface area (Å²) in [6.07, 6.45) is 1.93. The molecule has 1 atom stereocenters. The summed E-state index contributed by atoms with van der Waals surface area (Å²) in [5, 5.41) is 9.32. The quantitative estimate of drug-likeness (QED) is 0.722. The summed E-state index contributed by atoms with van der Waals surface area (Å²) in [6, 6.07) is 8.14. The Morgan fingerprint density at radius 3 is 2.94 bits per heavy atom. The van der Waals surface area contributed by atoms with Gasteiger partial charge in [0.1, 0.15) is 5.75 Å². The molecule has 17 heavy (non-hydrogen) atoms. The number of aliphatic hydroxyl groups excluding tert-OH is 1. The molecule has 0 fully saturated rings. The van der Waals surface area contributed by atoms with Gasteiger partial charge >= 0.3 is 0 Å². The SMILES string of the molecule is Cc1cccc(OCCCSC(C)CCO)c1. The molecule has 0 aliphatic heterocycles. The van der Waals surface area contributed by atoms with E-state index in [2.05, 4.69) is 26.0 Å². The van der Waals surface area contributed by atoms with Crippen LogP contribution >= 0.6 is 11.8 Å². The van der Waals surface area contributed by atoms with Gasteiger partial charge in [0, 0.05) is 11.9 Å². The van der Waals surface area contributed by atoms with E-state index in [-0.39, 0.29) is 6.61 Å². The van der Waals surface area contributed by atoms with E-state index in [1.165, 1.54) is 5.56 Å². The molecule has 0 aliphatic rings. The molecule has 1 N–H and O–H groups in total. The molecule has 0 aliphatic carbocycles. The Morgan fingerprint density at radius 2 is 2.24 bits per heavy atom. The van der Waals surface area contributed by atoms with Crippen LogP contribution in [-0.4, -0.2) is 29.3 Å². The van der Waals surface area contributed by atoms with Gasteiger partial charge in [0.15, 0.2) is 0 Å². The Balaban J connectivity index is 2.08. The van der Waals surface area contributed by atoms with Gasteiger partial charge in [0.2, 0.25) is 0 Å². The van der Waals surface area contributed by atoms with Gasteiger partial charge in [-0.3, -0.25) is 0 Å². The van der Waals surface area contributed by atoms with Crippen molar-refractivity contribution in [3.05, 3.63) is 29.8 Å². The fraction of sp³-hybridized carbons (Fsp3) is 0.571. The largest absolute Gasteiger partial charge is 0.494 e. The molecule has 0 amide bonds. The van der Waals surface area contributed by atoms with Crippen LogP contribution < -0.4 is 4.74 Å². The number of benzene rings is 1. The number of hydrogen-bond donors (Lipinski definition) is 1. The van der Waals surface area contributed by atoms with E-state index in [0.717, 1.165) is 31.0 Å². The van der Waals surface area contributed by atoms with Gasteiger partial charge in [-0.25, -0.2) is 0 Å². The molecule has 1 aromatic rings. The highest BCUT2D eigenvalue weighted by Gasteiger charge is 2.01. The van der Waals surface area contributed by atoms with Crippen molar-refractivity contribution >= 4 is 11.8 Å². The average Bonchev–Trinajstić information content (AvgIpc) is 2.29. The molecule has 96 valence electrons. The van der Waals surface area contributed by atoms with Gasteiger partial charge in [-0.1, -0.05) is 19.1 Å². The third kappa shape index (κ3) is 6.59. The Bertz CT molecular complexity index is 315. The molecule has 3 heteroatoms. The van der Waals surface area contributed by atoms with Crippen molar-refractivity contribution in [2.24, 2.45) is 0 Å². The van der Waals surface area contributed by atoms with Gasteiger partial charge in [-0.05, 0) is 43.2 Å². The smallest absolute Gasteiger partial charge is 0.119 e. The monoisotopic (exact) mass is 254 g/mol. The summed E-state index contributed by atoms with van der Waals surface area (Å²) in [4.78, 5) is 0. The lowest BCUT2D eigenvalue weighted by Crippen LogP contribution is -2.03. The topological polar surface area (TPSA) is 29.5 Å². The molecule has 1 aromatic carbocycles. The number of aliphatic hydroxyl groups is 1. The van der Waals surface area contributed by atoms with Crippen molar-refractivity contribution in [1.82, 2.24) is 0 Å². The van der Waals surface area contributed by atoms with Crippen molar-refractivity contribution in [2.75, 3.05) is 19.0 Å². The summed E-state index contributed by atoms with van der Waals surface area (Å²) in [6.45, 7) is 5.28. The summed E-state index contributed by atoms with van der Waals surface area (Å²) < 4.78 is 5.67. The summed E-state index contributed by atoms with van der Waals surface area (Å²) >= 11 is 1.90. The Kier molecular flexibility index (Phi) is 7.13. The second-order valence-electron chi connectivity index (χ2n) is 4.21. The van der Waals surface area contributed by atoms with Gasteiger partial charge in [-0.15, -0.1) is 0 Å². The normalized spacial score (nSPS) is 12.4. The molecule has 2 nitrogen and oxygen atoms in total. The highest BCUT2D eigenvalue weighted by molar-refractivity contribution is 7.99. The first-order chi connectivity index (χ1) is 8.22. The molecule has 0 bridgehead atoms. The van der Waals surface area contributed by atoms with Crippen molar-refractivity contribution in [3.8, 4) is 5.75 Å². The molecule has 0 heterocycles. The third-order valence-electron chi connectivity index (χ3n) is 2.48. The predicted octanol–water partition coefficient (Wildman–Crippen LogP) is 3.27. The zero-order chi connectivity index (χ0) is 12.5. The fourth-order valence-electron chi connectivity index (χ4n) is 1.50. The van der Waals surface area contributed by atoms with Crippen LogP contribution in [0.15, 0.2) is 24.3 Å². The van der Waals surface area contributed by atoms with E-state index >= 15 is 0 Å². The van der Waals surface area contributed by atoms with Gasteiger partial charge in [0.25, 0.3) is 0 Å². The summed E-state index contributed by atoms with van der Waals surface area (Å²) in [5.41, 5.74) is 1.23. The van der Waals surface area contributed by atoms with E-state index in [4.69, 9.17) is 9.84 Å². The van der Waals surface area contributed by atoms with E-state index < -0.39 is 0 Å². The van der Waals surface area contributed by atoms with Crippen molar-refractivity contribution in [1.29, 1.82) is 0 Å². The first-order valence-corrected chi connectivity index (χ1v) is 7.19. The molecule has 0 saturated heterocycles. The summed E-state index contributed by atoms with van der Waals surface area (Å²) in [7, 11) is 0. The summed E-state index contributed by atoms with van der Waals surface area (Å²) in [5.74, 6) is 2.05. The maximum absolute atomic E-state index is 8.78. The Labute approximate surface area is 108 Å². The van der Waals surface area contributed by atoms with Crippen molar-refractivity contribution in [2.45, 2.75) is 31.9 Å². The second-order valence-corrected chi connectivity index (χ2v) is 5.76. The molecule has 0 radical (unpaired) electrons. The fourth-order valence-corrected chi connectivity index (χ4v) is 2.46. The maximum atomic E-state index is 8.78. The van der Waals surface area contributed by atoms with Crippen LogP contribution in [0, 0.1) is 6.92 Å². The number of aryl methyl sites for hydroxylation is 1. The zero-order valence-electron chi connectivity index (χ0n) is 10.7. The number of thioether (sulfide) groups is 1. The van der Waals surface area contributed by atoms with E-state index in [1.54, 1.807) is 0 Å². The number of ether oxygens (including phenoxy) is 1. The standard InChI is InChI=1S/C14H22O2S/c1-12-5-3-6-14(11-12)16-9-4-10-17-13(2)7-8-15/h3,5-6,11,13,15H,4,7-10H2,1-2H3. The molecule has 0 aromatic heterocycles. The van der Waals surface area contributed by atoms with Crippen LogP contribution in [0.3, 0.4) is 0 Å². The average molecular weight is 254 g/mol. The number of hydrogen-bond acceptors (Lipinski definition) is 3. The van der Waals surface area contributed by atoms with Crippen molar-refractivity contribution in [3.63, 3.8) is 0 Å². The van der Waals surface area contributed by atoms with Crippen LogP contribution in [0.1, 0.15) is 25.3 Å². The maximum Gasteiger partial charge on any atom is 0.119 e. The van der Waals surface area contributed by atoms with Gasteiger partial charge in [-0.2, -0.15) is 11.8 Å². The Morgan fingerprint density at radius 1 is 1.41 bits per heavy atom. The molecule has 1 rings (SSSR count). The van der Waals surface area contributed by atoms with Crippen LogP contribution in [0.5, 0.6) is 5.75 Å². The number of rotatable bonds is 8. The van der Waals surface area contributed by atoms with Crippen LogP contribution in [0.2, 0.25) is 0 Å². The zero-order valence-corrected chi connectivity index (χ0v) is 11.5. The lowest BCUT2D eigenvalue weighted by Gasteiger charge is -2.10. The van der Waals surface area contributed by atoms with Gasteiger partial charge < -0.3 is 9.84 Å². The lowest BCUT2D eigenvalue weighted by atomic mass is 10.2. The van der Waals surface area contributed by atoms with Crippen LogP contribution in [0.25, 0.3) is 0 Å². The minimum absolute atomic E-state index is 0.286. The highest BCUT2D eigenvalue weighted by Crippen LogP contribution is 2.16. The lowest BCUT2D eigenvalue weighted by molar-refractivity contribution is 0.288. The minimum atomic E-state index is 0.286. The molecule has 1 unspecified atom stereocenters. The van der Waals surface area contributed by atoms with Crippen molar-refractivity contribution < 1.29 is 9.84 Å². The van der Waals surface area contributed by atoms with E-state index in [9.17, 15) is 0 Å². The van der Waals surface area contributed by atoms with Gasteiger partial charge in [0.05, 0.1) is 6.61 Å². The molecular weight excluding hydrogens is 232 g/mol. The minimum Gasteiger partial charge on any atom is -0.494 e. The molecule has 0 saturated carbocycles. The first kappa shape index (κ1) is 14.4. The van der Waals surface area contributed by atoms with E-state index in [1.807, 2.05) is 23.9 Å². The molecular formula is C14H22O2S. The van der Waals surface area contributed by atoms with Crippen LogP contribution in [-0.2, 0) is 0 Å². The van der Waals surface area contributed by atoms with Crippen LogP contribution in [0.4, 0.5) is 0 Å². The Hall–Kier alpha value is -0.670. The predicted molar refractivity (Wildman–Crippen MR) is 74.9 cm³/mol. The first-order valence-electron chi connectivity index (χ1n) is 6.14. The van der Waals surface area contributed by atoms with E-state index in [0.29, 0.717) is 5.25 Å². The second kappa shape index (κ2) is 8.43. The highest BCUT2D eigenvalue weighted by atomic mass is 32.2.